The molecule has 314 valence electrons. The third-order valence-electron chi connectivity index (χ3n) is 11.3. The number of H-pyrrole nitrogens is 1. The number of halogens is 1. The van der Waals surface area contributed by atoms with E-state index in [0.717, 1.165) is 51.7 Å². The summed E-state index contributed by atoms with van der Waals surface area (Å²) in [5.74, 6) is -0.299. The van der Waals surface area contributed by atoms with Crippen LogP contribution in [-0.4, -0.2) is 90.9 Å². The van der Waals surface area contributed by atoms with E-state index in [0.29, 0.717) is 44.2 Å². The van der Waals surface area contributed by atoms with Crippen molar-refractivity contribution in [3.63, 3.8) is 0 Å². The van der Waals surface area contributed by atoms with Gasteiger partial charge in [-0.2, -0.15) is 10.1 Å². The molecule has 0 spiro atoms. The number of benzene rings is 4. The summed E-state index contributed by atoms with van der Waals surface area (Å²) in [6.45, 7) is 11.2. The first kappa shape index (κ1) is 40.5. The van der Waals surface area contributed by atoms with Crippen molar-refractivity contribution < 1.29 is 24.2 Å². The molecule has 4 heterocycles. The van der Waals surface area contributed by atoms with Crippen molar-refractivity contribution in [1.29, 1.82) is 0 Å². The zero-order valence-corrected chi connectivity index (χ0v) is 34.0. The van der Waals surface area contributed by atoms with Crippen molar-refractivity contribution in [1.82, 2.24) is 34.9 Å². The lowest BCUT2D eigenvalue weighted by Crippen LogP contribution is -2.49. The molecule has 0 saturated carbocycles. The quantitative estimate of drug-likeness (QED) is 0.100. The number of carbonyl (C=O) groups is 2. The fourth-order valence-corrected chi connectivity index (χ4v) is 8.05. The maximum absolute atomic E-state index is 15.5. The molecule has 0 atom stereocenters. The van der Waals surface area contributed by atoms with Gasteiger partial charge in [0.15, 0.2) is 5.82 Å². The molecule has 5 N–H and O–H groups in total. The Kier molecular flexibility index (Phi) is 11.4. The molecule has 2 aromatic heterocycles. The Hall–Kier alpha value is -7.23. The van der Waals surface area contributed by atoms with Gasteiger partial charge < -0.3 is 35.5 Å². The number of hydrogen-bond donors (Lipinski definition) is 5. The van der Waals surface area contributed by atoms with Crippen LogP contribution in [0.4, 0.5) is 21.8 Å². The Balaban J connectivity index is 0.945. The van der Waals surface area contributed by atoms with Gasteiger partial charge in [-0.3, -0.25) is 9.59 Å². The average molecular weight is 827 g/mol. The fourth-order valence-electron chi connectivity index (χ4n) is 8.05. The van der Waals surface area contributed by atoms with Gasteiger partial charge in [-0.15, -0.1) is 0 Å². The number of rotatable bonds is 12. The minimum atomic E-state index is -0.657. The van der Waals surface area contributed by atoms with E-state index in [1.807, 2.05) is 26.0 Å². The van der Waals surface area contributed by atoms with Gasteiger partial charge in [0.2, 0.25) is 17.8 Å². The van der Waals surface area contributed by atoms with E-state index < -0.39 is 11.5 Å². The minimum absolute atomic E-state index is 0.0390. The number of amides is 2. The monoisotopic (exact) mass is 826 g/mol. The number of nitrogens with one attached hydrogen (secondary N) is 3. The van der Waals surface area contributed by atoms with Crippen molar-refractivity contribution in [2.45, 2.75) is 45.7 Å². The van der Waals surface area contributed by atoms with E-state index in [4.69, 9.17) is 9.97 Å². The number of phenols is 2. The number of fused-ring (bicyclic) bond motifs is 2. The third-order valence-corrected chi connectivity index (χ3v) is 11.3. The summed E-state index contributed by atoms with van der Waals surface area (Å²) in [7, 11) is 0. The Labute approximate surface area is 351 Å². The lowest BCUT2D eigenvalue weighted by Gasteiger charge is -2.38. The van der Waals surface area contributed by atoms with E-state index in [-0.39, 0.29) is 71.4 Å². The van der Waals surface area contributed by atoms with Crippen molar-refractivity contribution >= 4 is 40.0 Å². The fraction of sp³-hybridized carbons (Fsp3) is 0.289. The van der Waals surface area contributed by atoms with E-state index in [2.05, 4.69) is 67.5 Å². The number of aromatic hydroxyl groups is 2. The Bertz CT molecular complexity index is 2700. The van der Waals surface area contributed by atoms with Gasteiger partial charge in [-0.05, 0) is 53.6 Å². The Morgan fingerprint density at radius 2 is 1.74 bits per heavy atom. The molecule has 61 heavy (non-hydrogen) atoms. The predicted octanol–water partition coefficient (Wildman–Crippen LogP) is 5.36. The van der Waals surface area contributed by atoms with Crippen LogP contribution < -0.4 is 26.1 Å². The minimum Gasteiger partial charge on any atom is -0.508 e. The van der Waals surface area contributed by atoms with Crippen LogP contribution in [0.1, 0.15) is 48.6 Å². The van der Waals surface area contributed by atoms with E-state index in [9.17, 15) is 24.6 Å². The van der Waals surface area contributed by atoms with Crippen molar-refractivity contribution in [2.75, 3.05) is 54.4 Å². The molecule has 2 aliphatic rings. The van der Waals surface area contributed by atoms with Crippen molar-refractivity contribution in [2.24, 2.45) is 0 Å². The average Bonchev–Trinajstić information content (AvgIpc) is 3.65. The summed E-state index contributed by atoms with van der Waals surface area (Å²) in [4.78, 5) is 54.4. The standard InChI is InChI=1S/C45H47FN10O5/c1-4-41(60)53-18-20-54(21-19-53)42-32-15-17-55(37-11-7-9-28-8-5-6-10-31(28)37)26-36(32)49-44(50-42)47-16-14-40(59)48-25-29-12-13-30(22-35(29)46)56-43(51-52-45(56)61)34-23-33(27(2)3)38(57)24-39(34)58/h4-13,22-24,27,57-58H,1,14-21,25-26H2,2-3H3,(H,48,59)(H,52,61)(H,47,49,50). The van der Waals surface area contributed by atoms with Crippen LogP contribution in [0.15, 0.2) is 90.2 Å². The topological polar surface area (TPSA) is 185 Å². The Morgan fingerprint density at radius 1 is 0.951 bits per heavy atom. The van der Waals surface area contributed by atoms with Crippen molar-refractivity contribution in [3.05, 3.63) is 124 Å². The van der Waals surface area contributed by atoms with Crippen LogP contribution >= 0.6 is 0 Å². The zero-order valence-electron chi connectivity index (χ0n) is 34.0. The second-order valence-corrected chi connectivity index (χ2v) is 15.5. The summed E-state index contributed by atoms with van der Waals surface area (Å²) in [6, 6.07) is 21.5. The molecule has 0 aliphatic carbocycles. The number of hydrogen-bond acceptors (Lipinski definition) is 11. The maximum Gasteiger partial charge on any atom is 0.348 e. The first-order chi connectivity index (χ1) is 29.5. The summed E-state index contributed by atoms with van der Waals surface area (Å²) >= 11 is 0. The number of nitrogens with zero attached hydrogens (tertiary/aromatic N) is 7. The molecule has 15 nitrogen and oxygen atoms in total. The van der Waals surface area contributed by atoms with Crippen LogP contribution in [0.25, 0.3) is 27.8 Å². The van der Waals surface area contributed by atoms with Crippen LogP contribution in [0.2, 0.25) is 0 Å². The van der Waals surface area contributed by atoms with E-state index >= 15 is 4.39 Å². The largest absolute Gasteiger partial charge is 0.508 e. The first-order valence-electron chi connectivity index (χ1n) is 20.3. The first-order valence-corrected chi connectivity index (χ1v) is 20.3. The molecular weight excluding hydrogens is 780 g/mol. The van der Waals surface area contributed by atoms with Crippen LogP contribution in [0, 0.1) is 5.82 Å². The summed E-state index contributed by atoms with van der Waals surface area (Å²) in [5.41, 5.74) is 3.53. The number of carbonyl (C=O) groups excluding carboxylic acids is 2. The number of phenolic OH excluding ortho intramolecular Hbond substituents is 2. The molecule has 8 rings (SSSR count). The van der Waals surface area contributed by atoms with Crippen LogP contribution in [0.5, 0.6) is 11.5 Å². The maximum atomic E-state index is 15.5. The summed E-state index contributed by atoms with van der Waals surface area (Å²) in [6.07, 6.45) is 2.13. The molecule has 2 aliphatic heterocycles. The Morgan fingerprint density at radius 3 is 2.51 bits per heavy atom. The zero-order chi connectivity index (χ0) is 42.8. The molecule has 0 radical (unpaired) electrons. The molecule has 6 aromatic rings. The predicted molar refractivity (Wildman–Crippen MR) is 232 cm³/mol. The van der Waals surface area contributed by atoms with Gasteiger partial charge >= 0.3 is 5.69 Å². The highest BCUT2D eigenvalue weighted by Crippen LogP contribution is 2.38. The molecule has 0 bridgehead atoms. The van der Waals surface area contributed by atoms with Crippen LogP contribution in [-0.2, 0) is 29.1 Å². The second-order valence-electron chi connectivity index (χ2n) is 15.5. The highest BCUT2D eigenvalue weighted by molar-refractivity contribution is 5.94. The molecular formula is C45H47FN10O5. The number of aromatic nitrogens is 5. The lowest BCUT2D eigenvalue weighted by molar-refractivity contribution is -0.126. The number of anilines is 3. The molecule has 16 heteroatoms. The highest BCUT2D eigenvalue weighted by Gasteiger charge is 2.29. The van der Waals surface area contributed by atoms with Gasteiger partial charge in [0, 0.05) is 80.5 Å². The van der Waals surface area contributed by atoms with E-state index in [1.54, 1.807) is 11.0 Å². The number of piperazine rings is 1. The number of aromatic amines is 1. The second kappa shape index (κ2) is 17.2. The lowest BCUT2D eigenvalue weighted by atomic mass is 9.98. The van der Waals surface area contributed by atoms with Gasteiger partial charge in [-0.25, -0.2) is 23.8 Å². The highest BCUT2D eigenvalue weighted by atomic mass is 19.1. The molecule has 0 unspecified atom stereocenters. The van der Waals surface area contributed by atoms with Crippen LogP contribution in [0.3, 0.4) is 0 Å². The van der Waals surface area contributed by atoms with Gasteiger partial charge in [0.25, 0.3) is 0 Å². The summed E-state index contributed by atoms with van der Waals surface area (Å²) in [5, 5.41) is 35.7. The normalized spacial score (nSPS) is 14.0. The third kappa shape index (κ3) is 8.33. The molecule has 1 saturated heterocycles. The molecule has 4 aromatic carbocycles. The van der Waals surface area contributed by atoms with Gasteiger partial charge in [-0.1, -0.05) is 62.9 Å². The molecule has 1 fully saturated rings. The SMILES string of the molecule is C=CC(=O)N1CCN(c2nc(NCCC(=O)NCc3ccc(-n4c(-c5cc(C(C)C)c(O)cc5O)n[nH]c4=O)cc3F)nc3c2CCN(c2cccc4ccccc24)C3)CC1. The van der Waals surface area contributed by atoms with E-state index in [1.165, 1.54) is 29.7 Å². The van der Waals surface area contributed by atoms with Gasteiger partial charge in [0.05, 0.1) is 23.5 Å². The van der Waals surface area contributed by atoms with Crippen molar-refractivity contribution in [3.8, 4) is 28.6 Å². The summed E-state index contributed by atoms with van der Waals surface area (Å²) < 4.78 is 16.6. The van der Waals surface area contributed by atoms with Gasteiger partial charge in [0.1, 0.15) is 23.1 Å². The smallest absolute Gasteiger partial charge is 0.348 e. The molecule has 2 amide bonds.